The van der Waals surface area contributed by atoms with Crippen LogP contribution in [0.3, 0.4) is 0 Å². The van der Waals surface area contributed by atoms with Crippen LogP contribution in [0.15, 0.2) is 27.7 Å². The summed E-state index contributed by atoms with van der Waals surface area (Å²) in [4.78, 5) is 8.34. The van der Waals surface area contributed by atoms with Crippen LogP contribution in [0.5, 0.6) is 0 Å². The van der Waals surface area contributed by atoms with E-state index >= 15 is 0 Å². The Balaban J connectivity index is 0.00000242. The lowest BCUT2D eigenvalue weighted by molar-refractivity contribution is 0.387. The molecule has 6 nitrogen and oxygen atoms in total. The lowest BCUT2D eigenvalue weighted by Gasteiger charge is -2.14. The summed E-state index contributed by atoms with van der Waals surface area (Å²) in [6.07, 6.45) is 1.88. The summed E-state index contributed by atoms with van der Waals surface area (Å²) in [6.45, 7) is 6.28. The molecule has 0 saturated heterocycles. The molecule has 0 aliphatic heterocycles. The van der Waals surface area contributed by atoms with Crippen molar-refractivity contribution in [2.75, 3.05) is 5.32 Å². The Hall–Kier alpha value is -1.64. The van der Waals surface area contributed by atoms with Gasteiger partial charge in [0.1, 0.15) is 6.54 Å². The third kappa shape index (κ3) is 4.69. The molecule has 0 unspecified atom stereocenters. The molecule has 0 fully saturated rings. The highest BCUT2D eigenvalue weighted by Crippen LogP contribution is 2.22. The number of nitrogens with zero attached hydrogens (tertiary/aromatic N) is 3. The van der Waals surface area contributed by atoms with Crippen molar-refractivity contribution in [2.45, 2.75) is 40.2 Å². The molecular weight excluding hydrogens is 393 g/mol. The van der Waals surface area contributed by atoms with Crippen LogP contribution in [0.25, 0.3) is 0 Å². The van der Waals surface area contributed by atoms with E-state index in [1.807, 2.05) is 0 Å². The van der Waals surface area contributed by atoms with E-state index in [0.29, 0.717) is 24.2 Å². The number of halogens is 1. The molecule has 3 N–H and O–H groups in total. The van der Waals surface area contributed by atoms with Crippen molar-refractivity contribution in [1.29, 1.82) is 0 Å². The van der Waals surface area contributed by atoms with E-state index in [1.165, 1.54) is 11.1 Å². The van der Waals surface area contributed by atoms with Gasteiger partial charge in [0, 0.05) is 12.6 Å². The summed E-state index contributed by atoms with van der Waals surface area (Å²) >= 11 is 0. The minimum atomic E-state index is 0. The number of aromatic nitrogens is 2. The van der Waals surface area contributed by atoms with Crippen molar-refractivity contribution in [1.82, 2.24) is 10.1 Å². The predicted octanol–water partition coefficient (Wildman–Crippen LogP) is 3.05. The molecule has 1 heterocycles. The second-order valence-corrected chi connectivity index (χ2v) is 4.71. The van der Waals surface area contributed by atoms with Gasteiger partial charge in [-0.2, -0.15) is 4.98 Å². The van der Waals surface area contributed by atoms with Crippen LogP contribution in [0.1, 0.15) is 36.7 Å². The largest absolute Gasteiger partial charge is 0.370 e. The lowest BCUT2D eigenvalue weighted by Crippen LogP contribution is -2.24. The first kappa shape index (κ1) is 18.4. The highest BCUT2D eigenvalue weighted by atomic mass is 127. The fourth-order valence-electron chi connectivity index (χ4n) is 2.13. The van der Waals surface area contributed by atoms with Crippen LogP contribution in [-0.2, 0) is 19.4 Å². The van der Waals surface area contributed by atoms with Gasteiger partial charge in [0.15, 0.2) is 11.8 Å². The Morgan fingerprint density at radius 1 is 1.27 bits per heavy atom. The number of hydrogen-bond acceptors (Lipinski definition) is 4. The van der Waals surface area contributed by atoms with E-state index in [1.54, 1.807) is 6.92 Å². The summed E-state index contributed by atoms with van der Waals surface area (Å²) in [5, 5.41) is 6.99. The third-order valence-electron chi connectivity index (χ3n) is 3.21. The molecular formula is C15H22IN5O. The predicted molar refractivity (Wildman–Crippen MR) is 98.6 cm³/mol. The number of para-hydroxylation sites is 1. The fourth-order valence-corrected chi connectivity index (χ4v) is 2.13. The SMILES string of the molecule is CCc1cccc(CC)c1NC(N)=NCc1noc(C)n1.I. The van der Waals surface area contributed by atoms with E-state index in [0.717, 1.165) is 18.5 Å². The molecule has 7 heteroatoms. The topological polar surface area (TPSA) is 89.3 Å². The summed E-state index contributed by atoms with van der Waals surface area (Å²) in [6, 6.07) is 6.26. The van der Waals surface area contributed by atoms with Gasteiger partial charge in [-0.1, -0.05) is 37.2 Å². The number of nitrogens with one attached hydrogen (secondary N) is 1. The maximum atomic E-state index is 5.96. The average molecular weight is 415 g/mol. The molecule has 2 rings (SSSR count). The van der Waals surface area contributed by atoms with E-state index in [4.69, 9.17) is 10.3 Å². The Morgan fingerprint density at radius 2 is 1.91 bits per heavy atom. The summed E-state index contributed by atoms with van der Waals surface area (Å²) in [7, 11) is 0. The van der Waals surface area contributed by atoms with Gasteiger partial charge in [-0.3, -0.25) is 0 Å². The van der Waals surface area contributed by atoms with Crippen molar-refractivity contribution in [2.24, 2.45) is 10.7 Å². The molecule has 1 aromatic heterocycles. The zero-order valence-corrected chi connectivity index (χ0v) is 15.4. The van der Waals surface area contributed by atoms with Crippen molar-refractivity contribution in [3.8, 4) is 0 Å². The molecule has 0 bridgehead atoms. The molecule has 0 aliphatic carbocycles. The molecule has 0 radical (unpaired) electrons. The molecule has 0 spiro atoms. The molecule has 22 heavy (non-hydrogen) atoms. The highest BCUT2D eigenvalue weighted by Gasteiger charge is 2.07. The molecule has 0 aliphatic rings. The maximum Gasteiger partial charge on any atom is 0.223 e. The number of benzene rings is 1. The number of anilines is 1. The van der Waals surface area contributed by atoms with Gasteiger partial charge in [0.05, 0.1) is 0 Å². The first-order valence-corrected chi connectivity index (χ1v) is 7.10. The molecule has 2 aromatic rings. The number of nitrogens with two attached hydrogens (primary N) is 1. The molecule has 0 atom stereocenters. The van der Waals surface area contributed by atoms with Crippen molar-refractivity contribution < 1.29 is 4.52 Å². The van der Waals surface area contributed by atoms with E-state index in [9.17, 15) is 0 Å². The minimum Gasteiger partial charge on any atom is -0.370 e. The average Bonchev–Trinajstić information content (AvgIpc) is 2.91. The first-order chi connectivity index (χ1) is 10.1. The van der Waals surface area contributed by atoms with Crippen LogP contribution in [0.2, 0.25) is 0 Å². The van der Waals surface area contributed by atoms with Crippen LogP contribution < -0.4 is 11.1 Å². The lowest BCUT2D eigenvalue weighted by atomic mass is 10.0. The second kappa shape index (κ2) is 8.72. The monoisotopic (exact) mass is 415 g/mol. The normalized spacial score (nSPS) is 11.1. The molecule has 120 valence electrons. The van der Waals surface area contributed by atoms with E-state index in [-0.39, 0.29) is 24.0 Å². The van der Waals surface area contributed by atoms with Crippen LogP contribution in [0, 0.1) is 6.92 Å². The number of hydrogen-bond donors (Lipinski definition) is 2. The summed E-state index contributed by atoms with van der Waals surface area (Å²) in [5.41, 5.74) is 9.46. The minimum absolute atomic E-state index is 0. The van der Waals surface area contributed by atoms with Crippen molar-refractivity contribution in [3.63, 3.8) is 0 Å². The number of rotatable bonds is 5. The standard InChI is InChI=1S/C15H21N5O.HI/c1-4-11-7-6-8-12(5-2)14(11)19-15(16)17-9-13-18-10(3)21-20-13;/h6-8H,4-5,9H2,1-3H3,(H3,16,17,19);1H. The third-order valence-corrected chi connectivity index (χ3v) is 3.21. The molecule has 0 saturated carbocycles. The van der Waals surface area contributed by atoms with Crippen LogP contribution in [0.4, 0.5) is 5.69 Å². The van der Waals surface area contributed by atoms with Gasteiger partial charge < -0.3 is 15.6 Å². The second-order valence-electron chi connectivity index (χ2n) is 4.71. The highest BCUT2D eigenvalue weighted by molar-refractivity contribution is 14.0. The first-order valence-electron chi connectivity index (χ1n) is 7.10. The molecule has 0 amide bonds. The fraction of sp³-hybridized carbons (Fsp3) is 0.400. The van der Waals surface area contributed by atoms with Crippen molar-refractivity contribution >= 4 is 35.6 Å². The number of guanidine groups is 1. The van der Waals surface area contributed by atoms with Gasteiger partial charge in [-0.15, -0.1) is 24.0 Å². The van der Waals surface area contributed by atoms with Gasteiger partial charge in [-0.25, -0.2) is 4.99 Å². The Morgan fingerprint density at radius 3 is 2.41 bits per heavy atom. The zero-order valence-electron chi connectivity index (χ0n) is 13.1. The summed E-state index contributed by atoms with van der Waals surface area (Å²) in [5.74, 6) is 1.40. The van der Waals surface area contributed by atoms with Gasteiger partial charge in [0.2, 0.25) is 5.89 Å². The maximum absolute atomic E-state index is 5.96. The van der Waals surface area contributed by atoms with Crippen molar-refractivity contribution in [3.05, 3.63) is 41.0 Å². The zero-order chi connectivity index (χ0) is 15.2. The summed E-state index contributed by atoms with van der Waals surface area (Å²) < 4.78 is 4.90. The van der Waals surface area contributed by atoms with Gasteiger partial charge in [-0.05, 0) is 24.0 Å². The number of aliphatic imine (C=N–C) groups is 1. The van der Waals surface area contributed by atoms with Crippen LogP contribution in [-0.4, -0.2) is 16.1 Å². The van der Waals surface area contributed by atoms with E-state index in [2.05, 4.69) is 52.5 Å². The Bertz CT molecular complexity index is 616. The smallest absolute Gasteiger partial charge is 0.223 e. The van der Waals surface area contributed by atoms with Gasteiger partial charge >= 0.3 is 0 Å². The molecule has 1 aromatic carbocycles. The Labute approximate surface area is 147 Å². The quantitative estimate of drug-likeness (QED) is 0.445. The number of aryl methyl sites for hydroxylation is 3. The Kier molecular flexibility index (Phi) is 7.30. The van der Waals surface area contributed by atoms with E-state index < -0.39 is 0 Å². The van der Waals surface area contributed by atoms with Gasteiger partial charge in [0.25, 0.3) is 0 Å². The van der Waals surface area contributed by atoms with Crippen LogP contribution >= 0.6 is 24.0 Å².